The molecule has 1 aromatic rings. The largest absolute Gasteiger partial charge is 0.348 e. The number of amides is 1. The minimum absolute atomic E-state index is 0.0604. The Labute approximate surface area is 75.5 Å². The number of aromatic nitrogens is 4. The summed E-state index contributed by atoms with van der Waals surface area (Å²) < 4.78 is 0. The van der Waals surface area contributed by atoms with E-state index in [4.69, 9.17) is 0 Å². The number of hydrogen-bond donors (Lipinski definition) is 2. The first kappa shape index (κ1) is 9.59. The number of nitrogens with one attached hydrogen (secondary N) is 2. The fraction of sp³-hybridized carbons (Fsp3) is 0.667. The maximum Gasteiger partial charge on any atom is 0.234 e. The average Bonchev–Trinajstić information content (AvgIpc) is 2.51. The van der Waals surface area contributed by atoms with Gasteiger partial charge in [0.1, 0.15) is 0 Å². The van der Waals surface area contributed by atoms with Crippen molar-refractivity contribution in [3.8, 4) is 0 Å². The van der Waals surface area contributed by atoms with E-state index in [1.54, 1.807) is 4.90 Å². The van der Waals surface area contributed by atoms with E-state index < -0.39 is 0 Å². The summed E-state index contributed by atoms with van der Waals surface area (Å²) in [5, 5.41) is 15.7. The van der Waals surface area contributed by atoms with E-state index in [1.165, 1.54) is 0 Å². The molecule has 0 atom stereocenters. The molecule has 72 valence electrons. The van der Waals surface area contributed by atoms with Gasteiger partial charge < -0.3 is 10.2 Å². The summed E-state index contributed by atoms with van der Waals surface area (Å²) in [6.45, 7) is 0.668. The highest BCUT2D eigenvalue weighted by atomic mass is 16.2. The minimum Gasteiger partial charge on any atom is -0.348 e. The van der Waals surface area contributed by atoms with Gasteiger partial charge in [-0.2, -0.15) is 5.21 Å². The highest BCUT2D eigenvalue weighted by Gasteiger charge is 2.03. The summed E-state index contributed by atoms with van der Waals surface area (Å²) >= 11 is 0. The summed E-state index contributed by atoms with van der Waals surface area (Å²) in [5.41, 5.74) is 0. The minimum atomic E-state index is -0.0604. The van der Waals surface area contributed by atoms with Crippen LogP contribution in [0.2, 0.25) is 0 Å². The van der Waals surface area contributed by atoms with Crippen LogP contribution >= 0.6 is 0 Å². The Morgan fingerprint density at radius 1 is 1.62 bits per heavy atom. The van der Waals surface area contributed by atoms with Crippen molar-refractivity contribution in [1.82, 2.24) is 30.8 Å². The molecule has 1 rings (SSSR count). The standard InChI is InChI=1S/C6H12N6O/c1-12(2)4-6(13)7-3-5-8-10-11-9-5/h3-4H2,1-2H3,(H,7,13)(H,8,9,10,11). The van der Waals surface area contributed by atoms with Gasteiger partial charge in [0.05, 0.1) is 13.1 Å². The van der Waals surface area contributed by atoms with Crippen LogP contribution in [-0.2, 0) is 11.3 Å². The molecule has 0 fully saturated rings. The molecule has 0 aliphatic rings. The van der Waals surface area contributed by atoms with Crippen molar-refractivity contribution < 1.29 is 4.79 Å². The molecule has 13 heavy (non-hydrogen) atoms. The number of H-pyrrole nitrogens is 1. The second kappa shape index (κ2) is 4.51. The van der Waals surface area contributed by atoms with E-state index >= 15 is 0 Å². The van der Waals surface area contributed by atoms with Gasteiger partial charge in [0.15, 0.2) is 5.82 Å². The number of carbonyl (C=O) groups excluding carboxylic acids is 1. The summed E-state index contributed by atoms with van der Waals surface area (Å²) in [5.74, 6) is 0.418. The van der Waals surface area contributed by atoms with E-state index in [9.17, 15) is 4.79 Å². The number of likely N-dealkylation sites (N-methyl/N-ethyl adjacent to an activating group) is 1. The van der Waals surface area contributed by atoms with Crippen molar-refractivity contribution >= 4 is 5.91 Å². The van der Waals surface area contributed by atoms with Crippen LogP contribution in [0.1, 0.15) is 5.82 Å². The quantitative estimate of drug-likeness (QED) is 0.587. The fourth-order valence-electron chi connectivity index (χ4n) is 0.778. The molecule has 2 N–H and O–H groups in total. The lowest BCUT2D eigenvalue weighted by atomic mass is 10.5. The molecule has 0 aliphatic carbocycles. The molecule has 0 saturated heterocycles. The van der Waals surface area contributed by atoms with Gasteiger partial charge >= 0.3 is 0 Å². The normalized spacial score (nSPS) is 10.4. The molecule has 0 radical (unpaired) electrons. The van der Waals surface area contributed by atoms with E-state index in [1.807, 2.05) is 14.1 Å². The van der Waals surface area contributed by atoms with Crippen molar-refractivity contribution in [3.63, 3.8) is 0 Å². The molecule has 0 aromatic carbocycles. The van der Waals surface area contributed by atoms with Gasteiger partial charge in [-0.05, 0) is 14.1 Å². The van der Waals surface area contributed by atoms with Crippen LogP contribution in [0.4, 0.5) is 0 Å². The Morgan fingerprint density at radius 3 is 2.92 bits per heavy atom. The maximum absolute atomic E-state index is 11.1. The lowest BCUT2D eigenvalue weighted by Crippen LogP contribution is -2.33. The molecule has 0 bridgehead atoms. The Kier molecular flexibility index (Phi) is 3.32. The number of nitrogens with zero attached hydrogens (tertiary/aromatic N) is 4. The number of aromatic amines is 1. The molecule has 0 unspecified atom stereocenters. The SMILES string of the molecule is CN(C)CC(=O)NCc1nn[nH]n1. The number of tetrazole rings is 1. The molecule has 1 heterocycles. The Balaban J connectivity index is 2.23. The van der Waals surface area contributed by atoms with Crippen molar-refractivity contribution in [2.75, 3.05) is 20.6 Å². The first-order valence-electron chi connectivity index (χ1n) is 3.82. The number of hydrogen-bond acceptors (Lipinski definition) is 5. The third-order valence-corrected chi connectivity index (χ3v) is 1.29. The first-order valence-corrected chi connectivity index (χ1v) is 3.82. The molecule has 7 nitrogen and oxygen atoms in total. The van der Waals surface area contributed by atoms with Crippen LogP contribution in [0.25, 0.3) is 0 Å². The first-order chi connectivity index (χ1) is 6.18. The van der Waals surface area contributed by atoms with Crippen LogP contribution in [0, 0.1) is 0 Å². The van der Waals surface area contributed by atoms with Crippen LogP contribution in [-0.4, -0.2) is 52.1 Å². The Hall–Kier alpha value is -1.50. The van der Waals surface area contributed by atoms with Gasteiger partial charge in [0, 0.05) is 0 Å². The molecule has 0 spiro atoms. The second-order valence-electron chi connectivity index (χ2n) is 2.84. The van der Waals surface area contributed by atoms with Crippen molar-refractivity contribution in [3.05, 3.63) is 5.82 Å². The highest BCUT2D eigenvalue weighted by molar-refractivity contribution is 5.77. The van der Waals surface area contributed by atoms with Crippen molar-refractivity contribution in [2.24, 2.45) is 0 Å². The molecular formula is C6H12N6O. The highest BCUT2D eigenvalue weighted by Crippen LogP contribution is 1.82. The third-order valence-electron chi connectivity index (χ3n) is 1.29. The van der Waals surface area contributed by atoms with E-state index in [-0.39, 0.29) is 5.91 Å². The lowest BCUT2D eigenvalue weighted by Gasteiger charge is -2.08. The summed E-state index contributed by atoms with van der Waals surface area (Å²) in [6, 6.07) is 0. The molecule has 1 aromatic heterocycles. The molecule has 0 saturated carbocycles. The van der Waals surface area contributed by atoms with Gasteiger partial charge in [0.2, 0.25) is 5.91 Å². The summed E-state index contributed by atoms with van der Waals surface area (Å²) in [6.07, 6.45) is 0. The van der Waals surface area contributed by atoms with Crippen LogP contribution in [0.5, 0.6) is 0 Å². The zero-order valence-corrected chi connectivity index (χ0v) is 7.61. The third kappa shape index (κ3) is 3.61. The van der Waals surface area contributed by atoms with Gasteiger partial charge in [-0.3, -0.25) is 4.79 Å². The van der Waals surface area contributed by atoms with Gasteiger partial charge in [-0.1, -0.05) is 5.21 Å². The maximum atomic E-state index is 11.1. The Bertz CT molecular complexity index is 256. The molecule has 7 heteroatoms. The molecular weight excluding hydrogens is 172 g/mol. The number of carbonyl (C=O) groups is 1. The average molecular weight is 184 g/mol. The van der Waals surface area contributed by atoms with Crippen molar-refractivity contribution in [2.45, 2.75) is 6.54 Å². The predicted molar refractivity (Wildman–Crippen MR) is 44.6 cm³/mol. The van der Waals surface area contributed by atoms with Crippen LogP contribution in [0.15, 0.2) is 0 Å². The van der Waals surface area contributed by atoms with Gasteiger partial charge in [-0.15, -0.1) is 10.2 Å². The second-order valence-corrected chi connectivity index (χ2v) is 2.84. The smallest absolute Gasteiger partial charge is 0.234 e. The predicted octanol–water partition coefficient (Wildman–Crippen LogP) is -1.62. The van der Waals surface area contributed by atoms with Crippen LogP contribution < -0.4 is 5.32 Å². The Morgan fingerprint density at radius 2 is 2.38 bits per heavy atom. The van der Waals surface area contributed by atoms with Crippen molar-refractivity contribution in [1.29, 1.82) is 0 Å². The van der Waals surface area contributed by atoms with Gasteiger partial charge in [-0.25, -0.2) is 0 Å². The zero-order chi connectivity index (χ0) is 9.68. The van der Waals surface area contributed by atoms with E-state index in [0.29, 0.717) is 18.9 Å². The van der Waals surface area contributed by atoms with Gasteiger partial charge in [0.25, 0.3) is 0 Å². The summed E-state index contributed by atoms with van der Waals surface area (Å²) in [7, 11) is 3.65. The van der Waals surface area contributed by atoms with E-state index in [2.05, 4.69) is 25.9 Å². The lowest BCUT2D eigenvalue weighted by molar-refractivity contribution is -0.121. The molecule has 1 amide bonds. The van der Waals surface area contributed by atoms with Crippen LogP contribution in [0.3, 0.4) is 0 Å². The van der Waals surface area contributed by atoms with E-state index in [0.717, 1.165) is 0 Å². The number of rotatable bonds is 4. The monoisotopic (exact) mass is 184 g/mol. The summed E-state index contributed by atoms with van der Waals surface area (Å²) in [4.78, 5) is 12.9. The fourth-order valence-corrected chi connectivity index (χ4v) is 0.778. The molecule has 0 aliphatic heterocycles. The zero-order valence-electron chi connectivity index (χ0n) is 7.61. The topological polar surface area (TPSA) is 86.8 Å².